The number of methoxy groups -OCH3 is 1. The number of carbonyl (C=O) groups excluding carboxylic acids is 1. The normalized spacial score (nSPS) is 12.8. The van der Waals surface area contributed by atoms with E-state index in [0.29, 0.717) is 24.5 Å². The maximum absolute atomic E-state index is 12.3. The van der Waals surface area contributed by atoms with E-state index in [-0.39, 0.29) is 10.9 Å². The van der Waals surface area contributed by atoms with Crippen LogP contribution in [-0.2, 0) is 14.8 Å². The van der Waals surface area contributed by atoms with Gasteiger partial charge in [0.05, 0.1) is 24.1 Å². The van der Waals surface area contributed by atoms with E-state index in [2.05, 4.69) is 5.32 Å². The standard InChI is InChI=1S/C15H24ClN3O4S/c1-11(15(20)17-8-9-18(2)3)19(24(5,21)22)12-6-7-14(23-4)13(16)10-12/h6-7,10-11H,8-9H2,1-5H3,(H,17,20)/t11-/m0/s1. The van der Waals surface area contributed by atoms with E-state index in [0.717, 1.165) is 10.6 Å². The smallest absolute Gasteiger partial charge is 0.243 e. The fraction of sp³-hybridized carbons (Fsp3) is 0.533. The molecular formula is C15H24ClN3O4S. The van der Waals surface area contributed by atoms with Gasteiger partial charge in [0, 0.05) is 13.1 Å². The van der Waals surface area contributed by atoms with Gasteiger partial charge in [-0.1, -0.05) is 11.6 Å². The maximum Gasteiger partial charge on any atom is 0.243 e. The van der Waals surface area contributed by atoms with Crippen LogP contribution in [0.25, 0.3) is 0 Å². The van der Waals surface area contributed by atoms with Crippen LogP contribution in [0.5, 0.6) is 5.75 Å². The van der Waals surface area contributed by atoms with Gasteiger partial charge in [-0.05, 0) is 39.2 Å². The Balaban J connectivity index is 3.05. The molecule has 0 spiro atoms. The summed E-state index contributed by atoms with van der Waals surface area (Å²) in [6.07, 6.45) is 1.05. The van der Waals surface area contributed by atoms with Crippen LogP contribution in [0, 0.1) is 0 Å². The third-order valence-electron chi connectivity index (χ3n) is 3.34. The molecule has 1 atom stereocenters. The monoisotopic (exact) mass is 377 g/mol. The molecule has 1 rings (SSSR count). The molecule has 7 nitrogen and oxygen atoms in total. The molecule has 0 heterocycles. The first-order valence-corrected chi connectivity index (χ1v) is 9.56. The minimum atomic E-state index is -3.68. The molecular weight excluding hydrogens is 354 g/mol. The highest BCUT2D eigenvalue weighted by Crippen LogP contribution is 2.31. The molecule has 136 valence electrons. The van der Waals surface area contributed by atoms with Gasteiger partial charge in [-0.15, -0.1) is 0 Å². The molecule has 0 unspecified atom stereocenters. The molecule has 1 aromatic rings. The first-order chi connectivity index (χ1) is 11.1. The number of rotatable bonds is 8. The quantitative estimate of drug-likeness (QED) is 0.736. The summed E-state index contributed by atoms with van der Waals surface area (Å²) in [6.45, 7) is 2.62. The Kier molecular flexibility index (Phi) is 7.31. The van der Waals surface area contributed by atoms with Crippen molar-refractivity contribution in [2.75, 3.05) is 44.9 Å². The number of sulfonamides is 1. The van der Waals surface area contributed by atoms with E-state index in [1.165, 1.54) is 20.1 Å². The van der Waals surface area contributed by atoms with E-state index in [1.54, 1.807) is 12.1 Å². The number of benzene rings is 1. The highest BCUT2D eigenvalue weighted by atomic mass is 35.5. The summed E-state index contributed by atoms with van der Waals surface area (Å²) in [7, 11) is 1.56. The van der Waals surface area contributed by atoms with Crippen molar-refractivity contribution in [1.29, 1.82) is 0 Å². The number of ether oxygens (including phenoxy) is 1. The SMILES string of the molecule is COc1ccc(N([C@@H](C)C(=O)NCCN(C)C)S(C)(=O)=O)cc1Cl. The molecule has 0 saturated carbocycles. The topological polar surface area (TPSA) is 79.0 Å². The van der Waals surface area contributed by atoms with E-state index in [1.807, 2.05) is 19.0 Å². The zero-order chi connectivity index (χ0) is 18.5. The van der Waals surface area contributed by atoms with Gasteiger partial charge in [0.15, 0.2) is 0 Å². The van der Waals surface area contributed by atoms with Gasteiger partial charge in [0.1, 0.15) is 11.8 Å². The van der Waals surface area contributed by atoms with Gasteiger partial charge < -0.3 is 15.0 Å². The molecule has 24 heavy (non-hydrogen) atoms. The number of likely N-dealkylation sites (N-methyl/N-ethyl adjacent to an activating group) is 1. The number of anilines is 1. The average Bonchev–Trinajstić information content (AvgIpc) is 2.45. The molecule has 0 aliphatic heterocycles. The Morgan fingerprint density at radius 2 is 2.00 bits per heavy atom. The van der Waals surface area contributed by atoms with Crippen LogP contribution >= 0.6 is 11.6 Å². The number of carbonyl (C=O) groups is 1. The molecule has 0 aromatic heterocycles. The zero-order valence-electron chi connectivity index (χ0n) is 14.5. The third kappa shape index (κ3) is 5.54. The second-order valence-electron chi connectivity index (χ2n) is 5.65. The van der Waals surface area contributed by atoms with Crippen molar-refractivity contribution in [3.05, 3.63) is 23.2 Å². The van der Waals surface area contributed by atoms with Gasteiger partial charge in [-0.2, -0.15) is 0 Å². The van der Waals surface area contributed by atoms with Crippen molar-refractivity contribution in [3.63, 3.8) is 0 Å². The number of amides is 1. The van der Waals surface area contributed by atoms with Crippen molar-refractivity contribution >= 4 is 33.2 Å². The van der Waals surface area contributed by atoms with Gasteiger partial charge in [-0.25, -0.2) is 8.42 Å². The second kappa shape index (κ2) is 8.55. The molecule has 1 N–H and O–H groups in total. The molecule has 9 heteroatoms. The predicted molar refractivity (Wildman–Crippen MR) is 96.4 cm³/mol. The van der Waals surface area contributed by atoms with Crippen molar-refractivity contribution in [1.82, 2.24) is 10.2 Å². The largest absolute Gasteiger partial charge is 0.495 e. The maximum atomic E-state index is 12.3. The van der Waals surface area contributed by atoms with Crippen LogP contribution in [0.3, 0.4) is 0 Å². The predicted octanol–water partition coefficient (Wildman–Crippen LogP) is 1.18. The van der Waals surface area contributed by atoms with Crippen molar-refractivity contribution in [3.8, 4) is 5.75 Å². The lowest BCUT2D eigenvalue weighted by Crippen LogP contribution is -2.48. The van der Waals surface area contributed by atoms with Gasteiger partial charge >= 0.3 is 0 Å². The highest BCUT2D eigenvalue weighted by molar-refractivity contribution is 7.92. The van der Waals surface area contributed by atoms with E-state index >= 15 is 0 Å². The third-order valence-corrected chi connectivity index (χ3v) is 4.87. The average molecular weight is 378 g/mol. The molecule has 1 aromatic carbocycles. The van der Waals surface area contributed by atoms with E-state index in [4.69, 9.17) is 16.3 Å². The van der Waals surface area contributed by atoms with Crippen molar-refractivity contribution < 1.29 is 17.9 Å². The summed E-state index contributed by atoms with van der Waals surface area (Å²) in [5, 5.41) is 3.00. The number of nitrogens with zero attached hydrogens (tertiary/aromatic N) is 2. The molecule has 0 aliphatic rings. The molecule has 0 radical (unpaired) electrons. The Morgan fingerprint density at radius 3 is 2.46 bits per heavy atom. The fourth-order valence-electron chi connectivity index (χ4n) is 2.15. The first kappa shape index (κ1) is 20.5. The Morgan fingerprint density at radius 1 is 1.38 bits per heavy atom. The molecule has 1 amide bonds. The summed E-state index contributed by atoms with van der Waals surface area (Å²) in [5.74, 6) is 0.0474. The summed E-state index contributed by atoms with van der Waals surface area (Å²) in [5.41, 5.74) is 0.304. The van der Waals surface area contributed by atoms with E-state index in [9.17, 15) is 13.2 Å². The van der Waals surface area contributed by atoms with Crippen LogP contribution in [-0.4, -0.2) is 65.8 Å². The minimum absolute atomic E-state index is 0.267. The first-order valence-electron chi connectivity index (χ1n) is 7.33. The lowest BCUT2D eigenvalue weighted by Gasteiger charge is -2.28. The summed E-state index contributed by atoms with van der Waals surface area (Å²) < 4.78 is 30.5. The lowest BCUT2D eigenvalue weighted by atomic mass is 10.2. The highest BCUT2D eigenvalue weighted by Gasteiger charge is 2.29. The number of hydrogen-bond donors (Lipinski definition) is 1. The number of halogens is 1. The Labute approximate surface area is 148 Å². The van der Waals surface area contributed by atoms with Gasteiger partial charge in [-0.3, -0.25) is 9.10 Å². The van der Waals surface area contributed by atoms with E-state index < -0.39 is 16.1 Å². The van der Waals surface area contributed by atoms with Crippen LogP contribution < -0.4 is 14.4 Å². The second-order valence-corrected chi connectivity index (χ2v) is 7.91. The molecule has 0 saturated heterocycles. The zero-order valence-corrected chi connectivity index (χ0v) is 16.1. The van der Waals surface area contributed by atoms with Crippen LogP contribution in [0.1, 0.15) is 6.92 Å². The Bertz CT molecular complexity index is 679. The van der Waals surface area contributed by atoms with Crippen molar-refractivity contribution in [2.45, 2.75) is 13.0 Å². The van der Waals surface area contributed by atoms with Crippen LogP contribution in [0.15, 0.2) is 18.2 Å². The fourth-order valence-corrected chi connectivity index (χ4v) is 3.57. The molecule has 0 bridgehead atoms. The number of nitrogens with one attached hydrogen (secondary N) is 1. The van der Waals surface area contributed by atoms with Gasteiger partial charge in [0.2, 0.25) is 15.9 Å². The lowest BCUT2D eigenvalue weighted by molar-refractivity contribution is -0.121. The molecule has 0 aliphatic carbocycles. The minimum Gasteiger partial charge on any atom is -0.495 e. The Hall–Kier alpha value is -1.51. The van der Waals surface area contributed by atoms with Gasteiger partial charge in [0.25, 0.3) is 0 Å². The van der Waals surface area contributed by atoms with Crippen LogP contribution in [0.4, 0.5) is 5.69 Å². The molecule has 0 fully saturated rings. The van der Waals surface area contributed by atoms with Crippen LogP contribution in [0.2, 0.25) is 5.02 Å². The summed E-state index contributed by atoms with van der Waals surface area (Å²) in [4.78, 5) is 14.2. The summed E-state index contributed by atoms with van der Waals surface area (Å²) in [6, 6.07) is 3.67. The summed E-state index contributed by atoms with van der Waals surface area (Å²) >= 11 is 6.07. The number of hydrogen-bond acceptors (Lipinski definition) is 5. The van der Waals surface area contributed by atoms with Crippen molar-refractivity contribution in [2.24, 2.45) is 0 Å².